The lowest BCUT2D eigenvalue weighted by atomic mass is 10.2. The molecule has 0 aromatic rings. The van der Waals surface area contributed by atoms with Crippen LogP contribution in [0.15, 0.2) is 0 Å². The van der Waals surface area contributed by atoms with Gasteiger partial charge < -0.3 is 0 Å². The van der Waals surface area contributed by atoms with Gasteiger partial charge in [-0.25, -0.2) is 0 Å². The third kappa shape index (κ3) is 3.96. The predicted molar refractivity (Wildman–Crippen MR) is 74.2 cm³/mol. The van der Waals surface area contributed by atoms with Crippen molar-refractivity contribution in [3.63, 3.8) is 0 Å². The van der Waals surface area contributed by atoms with E-state index in [-0.39, 0.29) is 0 Å². The summed E-state index contributed by atoms with van der Waals surface area (Å²) < 4.78 is 0. The van der Waals surface area contributed by atoms with E-state index in [1.807, 2.05) is 0 Å². The molecule has 0 N–H and O–H groups in total. The second kappa shape index (κ2) is 7.38. The lowest BCUT2D eigenvalue weighted by Gasteiger charge is -2.38. The molecule has 0 aliphatic carbocycles. The van der Waals surface area contributed by atoms with Crippen LogP contribution in [0.3, 0.4) is 0 Å². The molecular formula is C15H30N2. The van der Waals surface area contributed by atoms with Crippen LogP contribution in [0.5, 0.6) is 0 Å². The van der Waals surface area contributed by atoms with Crippen LogP contribution >= 0.6 is 0 Å². The van der Waals surface area contributed by atoms with Crippen molar-refractivity contribution in [3.05, 3.63) is 0 Å². The third-order valence-corrected chi connectivity index (χ3v) is 4.49. The quantitative estimate of drug-likeness (QED) is 0.743. The largest absolute Gasteiger partial charge is 0.288 e. The molecule has 17 heavy (non-hydrogen) atoms. The predicted octanol–water partition coefficient (Wildman–Crippen LogP) is 3.47. The molecule has 2 saturated heterocycles. The molecule has 0 unspecified atom stereocenters. The van der Waals surface area contributed by atoms with E-state index in [2.05, 4.69) is 16.7 Å². The van der Waals surface area contributed by atoms with E-state index in [1.165, 1.54) is 84.0 Å². The Morgan fingerprint density at radius 3 is 1.29 bits per heavy atom. The van der Waals surface area contributed by atoms with Crippen LogP contribution in [0.2, 0.25) is 0 Å². The highest BCUT2D eigenvalue weighted by atomic mass is 15.3. The van der Waals surface area contributed by atoms with E-state index in [9.17, 15) is 0 Å². The standard InChI is InChI=1S/C15H30N2/c1-2-15(16-11-7-3-4-8-12-16)17-13-9-5-6-10-14-17/h15H,2-14H2,1H3. The molecule has 0 bridgehead atoms. The summed E-state index contributed by atoms with van der Waals surface area (Å²) in [4.78, 5) is 5.55. The summed E-state index contributed by atoms with van der Waals surface area (Å²) in [6.07, 6.45) is 13.5. The molecule has 0 aromatic carbocycles. The number of nitrogens with zero attached hydrogens (tertiary/aromatic N) is 2. The second-order valence-electron chi connectivity index (χ2n) is 5.79. The molecule has 2 fully saturated rings. The highest BCUT2D eigenvalue weighted by Crippen LogP contribution is 2.20. The molecule has 0 saturated carbocycles. The molecule has 2 aliphatic rings. The number of rotatable bonds is 3. The first kappa shape index (κ1) is 13.4. The van der Waals surface area contributed by atoms with Crippen molar-refractivity contribution in [2.75, 3.05) is 26.2 Å². The number of likely N-dealkylation sites (tertiary alicyclic amines) is 2. The van der Waals surface area contributed by atoms with Crippen LogP contribution in [-0.2, 0) is 0 Å². The van der Waals surface area contributed by atoms with Crippen LogP contribution in [0.25, 0.3) is 0 Å². The summed E-state index contributed by atoms with van der Waals surface area (Å²) in [5.41, 5.74) is 0. The highest BCUT2D eigenvalue weighted by molar-refractivity contribution is 4.76. The van der Waals surface area contributed by atoms with Crippen molar-refractivity contribution in [2.24, 2.45) is 0 Å². The Balaban J connectivity index is 1.92. The van der Waals surface area contributed by atoms with E-state index in [0.717, 1.165) is 6.17 Å². The number of hydrogen-bond donors (Lipinski definition) is 0. The molecule has 2 aliphatic heterocycles. The van der Waals surface area contributed by atoms with Gasteiger partial charge in [-0.2, -0.15) is 0 Å². The van der Waals surface area contributed by atoms with Gasteiger partial charge >= 0.3 is 0 Å². The molecule has 0 atom stereocenters. The van der Waals surface area contributed by atoms with Crippen LogP contribution in [0.1, 0.15) is 64.7 Å². The molecule has 2 rings (SSSR count). The molecular weight excluding hydrogens is 208 g/mol. The fourth-order valence-electron chi connectivity index (χ4n) is 3.53. The Morgan fingerprint density at radius 2 is 1.00 bits per heavy atom. The fourth-order valence-corrected chi connectivity index (χ4v) is 3.53. The summed E-state index contributed by atoms with van der Waals surface area (Å²) in [6.45, 7) is 7.74. The van der Waals surface area contributed by atoms with E-state index in [0.29, 0.717) is 0 Å². The molecule has 0 spiro atoms. The smallest absolute Gasteiger partial charge is 0.0619 e. The van der Waals surface area contributed by atoms with Crippen molar-refractivity contribution in [1.82, 2.24) is 9.80 Å². The first-order valence-electron chi connectivity index (χ1n) is 7.90. The van der Waals surface area contributed by atoms with E-state index < -0.39 is 0 Å². The Bertz CT molecular complexity index is 169. The summed E-state index contributed by atoms with van der Waals surface area (Å²) in [6, 6.07) is 0. The van der Waals surface area contributed by atoms with E-state index >= 15 is 0 Å². The van der Waals surface area contributed by atoms with Gasteiger partial charge in [0.25, 0.3) is 0 Å². The Morgan fingerprint density at radius 1 is 0.647 bits per heavy atom. The minimum atomic E-state index is 0.742. The minimum absolute atomic E-state index is 0.742. The zero-order valence-corrected chi connectivity index (χ0v) is 11.7. The van der Waals surface area contributed by atoms with E-state index in [1.54, 1.807) is 0 Å². The number of hydrogen-bond acceptors (Lipinski definition) is 2. The first-order valence-corrected chi connectivity index (χ1v) is 7.90. The monoisotopic (exact) mass is 238 g/mol. The normalized spacial score (nSPS) is 25.8. The maximum Gasteiger partial charge on any atom is 0.0619 e. The lowest BCUT2D eigenvalue weighted by molar-refractivity contribution is 0.0433. The van der Waals surface area contributed by atoms with Crippen molar-refractivity contribution in [2.45, 2.75) is 70.9 Å². The summed E-state index contributed by atoms with van der Waals surface area (Å²) in [5, 5.41) is 0. The third-order valence-electron chi connectivity index (χ3n) is 4.49. The van der Waals surface area contributed by atoms with Crippen LogP contribution in [-0.4, -0.2) is 42.1 Å². The van der Waals surface area contributed by atoms with Gasteiger partial charge in [-0.1, -0.05) is 32.6 Å². The van der Waals surface area contributed by atoms with E-state index in [4.69, 9.17) is 0 Å². The zero-order chi connectivity index (χ0) is 11.9. The van der Waals surface area contributed by atoms with Gasteiger partial charge in [-0.3, -0.25) is 9.80 Å². The molecule has 0 aromatic heterocycles. The lowest BCUT2D eigenvalue weighted by Crippen LogP contribution is -2.48. The Hall–Kier alpha value is -0.0800. The average molecular weight is 238 g/mol. The van der Waals surface area contributed by atoms with Crippen LogP contribution < -0.4 is 0 Å². The average Bonchev–Trinajstić information content (AvgIpc) is 2.75. The highest BCUT2D eigenvalue weighted by Gasteiger charge is 2.24. The topological polar surface area (TPSA) is 6.48 Å². The maximum absolute atomic E-state index is 2.78. The van der Waals surface area contributed by atoms with Crippen molar-refractivity contribution < 1.29 is 0 Å². The molecule has 0 radical (unpaired) electrons. The maximum atomic E-state index is 2.78. The first-order chi connectivity index (χ1) is 8.42. The molecule has 0 amide bonds. The minimum Gasteiger partial charge on any atom is -0.288 e. The molecule has 2 nitrogen and oxygen atoms in total. The van der Waals surface area contributed by atoms with Crippen molar-refractivity contribution in [1.29, 1.82) is 0 Å². The van der Waals surface area contributed by atoms with Gasteiger partial charge in [-0.15, -0.1) is 0 Å². The second-order valence-corrected chi connectivity index (χ2v) is 5.79. The fraction of sp³-hybridized carbons (Fsp3) is 1.00. The SMILES string of the molecule is CCC(N1CCCCCC1)N1CCCCCC1. The summed E-state index contributed by atoms with van der Waals surface area (Å²) in [5.74, 6) is 0. The molecule has 2 heterocycles. The Labute approximate surface area is 107 Å². The summed E-state index contributed by atoms with van der Waals surface area (Å²) >= 11 is 0. The van der Waals surface area contributed by atoms with Gasteiger partial charge in [-0.05, 0) is 58.3 Å². The molecule has 100 valence electrons. The van der Waals surface area contributed by atoms with Gasteiger partial charge in [0.15, 0.2) is 0 Å². The van der Waals surface area contributed by atoms with Gasteiger partial charge in [0.1, 0.15) is 0 Å². The van der Waals surface area contributed by atoms with Gasteiger partial charge in [0.05, 0.1) is 6.17 Å². The van der Waals surface area contributed by atoms with Crippen molar-refractivity contribution in [3.8, 4) is 0 Å². The molecule has 2 heteroatoms. The van der Waals surface area contributed by atoms with Crippen molar-refractivity contribution >= 4 is 0 Å². The van der Waals surface area contributed by atoms with Crippen LogP contribution in [0, 0.1) is 0 Å². The summed E-state index contributed by atoms with van der Waals surface area (Å²) in [7, 11) is 0. The zero-order valence-electron chi connectivity index (χ0n) is 11.7. The van der Waals surface area contributed by atoms with Gasteiger partial charge in [0, 0.05) is 0 Å². The van der Waals surface area contributed by atoms with Gasteiger partial charge in [0.2, 0.25) is 0 Å². The van der Waals surface area contributed by atoms with Crippen LogP contribution in [0.4, 0.5) is 0 Å². The Kier molecular flexibility index (Phi) is 5.79.